The molecule has 5 rings (SSSR count). The van der Waals surface area contributed by atoms with E-state index in [0.717, 1.165) is 16.7 Å². The van der Waals surface area contributed by atoms with Gasteiger partial charge in [-0.1, -0.05) is 80.4 Å². The summed E-state index contributed by atoms with van der Waals surface area (Å²) < 4.78 is 6.31. The second-order valence-electron chi connectivity index (χ2n) is 13.1. The zero-order valence-electron chi connectivity index (χ0n) is 28.0. The first kappa shape index (κ1) is 35.1. The number of ether oxygens (including phenoxy) is 1. The van der Waals surface area contributed by atoms with Gasteiger partial charge in [-0.15, -0.1) is 0 Å². The number of hydrogen-bond donors (Lipinski definition) is 2. The fraction of sp³-hybridized carbons (Fsp3) is 0.444. The summed E-state index contributed by atoms with van der Waals surface area (Å²) in [6.45, 7) is 11.1. The summed E-state index contributed by atoms with van der Waals surface area (Å²) >= 11 is 12.6. The first-order chi connectivity index (χ1) is 22.4. The molecule has 3 atom stereocenters. The fourth-order valence-electron chi connectivity index (χ4n) is 6.27. The van der Waals surface area contributed by atoms with Gasteiger partial charge in [0.05, 0.1) is 32.3 Å². The van der Waals surface area contributed by atoms with E-state index in [1.807, 2.05) is 71.3 Å². The molecule has 2 N–H and O–H groups in total. The van der Waals surface area contributed by atoms with E-state index in [9.17, 15) is 4.79 Å². The van der Waals surface area contributed by atoms with Gasteiger partial charge in [0, 0.05) is 48.8 Å². The van der Waals surface area contributed by atoms with Crippen LogP contribution in [0, 0.1) is 0 Å². The number of carbonyl (C=O) groups is 2. The lowest BCUT2D eigenvalue weighted by atomic mass is 9.84. The number of halogens is 2. The molecule has 0 aromatic heterocycles. The largest absolute Gasteiger partial charge is 0.493 e. The Hall–Kier alpha value is -3.18. The average molecular weight is 683 g/mol. The molecule has 2 aliphatic heterocycles. The number of hydrogen-bond acceptors (Lipinski definition) is 7. The number of nitrogens with one attached hydrogen (secondary N) is 2. The minimum Gasteiger partial charge on any atom is -0.493 e. The second-order valence-corrected chi connectivity index (χ2v) is 14.0. The summed E-state index contributed by atoms with van der Waals surface area (Å²) in [4.78, 5) is 36.6. The van der Waals surface area contributed by atoms with Crippen LogP contribution in [0.3, 0.4) is 0 Å². The molecule has 0 spiro atoms. The summed E-state index contributed by atoms with van der Waals surface area (Å²) in [5.74, 6) is 0.392. The molecule has 47 heavy (non-hydrogen) atoms. The molecule has 3 aromatic carbocycles. The quantitative estimate of drug-likeness (QED) is 0.281. The minimum atomic E-state index is -1.34. The summed E-state index contributed by atoms with van der Waals surface area (Å²) in [5, 5.41) is 10.1. The molecule has 0 aliphatic carbocycles. The molecule has 2 heterocycles. The van der Waals surface area contributed by atoms with Crippen LogP contribution in [0.5, 0.6) is 5.75 Å². The smallest absolute Gasteiger partial charge is 0.262 e. The Kier molecular flexibility index (Phi) is 10.9. The van der Waals surface area contributed by atoms with Gasteiger partial charge < -0.3 is 9.64 Å². The number of benzene rings is 3. The van der Waals surface area contributed by atoms with Gasteiger partial charge in [0.25, 0.3) is 11.8 Å². The van der Waals surface area contributed by atoms with E-state index in [-0.39, 0.29) is 35.9 Å². The normalized spacial score (nSPS) is 21.9. The molecule has 2 aliphatic rings. The lowest BCUT2D eigenvalue weighted by Gasteiger charge is -2.41. The number of carbonyl (C=O) groups excluding carboxylic acids is 2. The van der Waals surface area contributed by atoms with Crippen molar-refractivity contribution in [3.05, 3.63) is 99.0 Å². The Morgan fingerprint density at radius 1 is 0.894 bits per heavy atom. The van der Waals surface area contributed by atoms with Crippen molar-refractivity contribution >= 4 is 35.0 Å². The van der Waals surface area contributed by atoms with E-state index in [0.29, 0.717) is 54.1 Å². The van der Waals surface area contributed by atoms with Crippen molar-refractivity contribution in [3.8, 4) is 5.75 Å². The monoisotopic (exact) mass is 681 g/mol. The lowest BCUT2D eigenvalue weighted by Crippen LogP contribution is -2.62. The number of hydroxylamine groups is 2. The average Bonchev–Trinajstić information content (AvgIpc) is 3.46. The SMILES string of the molecule is CCOc1cc(C(C)(C)C)ccc1C1(C(=O)N2CCN(CC(=O)N(C)OC)CC2)N[C@H](c2ccc(Cl)cc2)[C@H](c2ccc(Cl)cc2)N1. The number of likely N-dealkylation sites (N-methyl/N-ethyl adjacent to an activating group) is 1. The first-order valence-electron chi connectivity index (χ1n) is 16.0. The maximum Gasteiger partial charge on any atom is 0.262 e. The van der Waals surface area contributed by atoms with Gasteiger partial charge in [-0.25, -0.2) is 5.06 Å². The van der Waals surface area contributed by atoms with Gasteiger partial charge >= 0.3 is 0 Å². The highest BCUT2D eigenvalue weighted by atomic mass is 35.5. The molecule has 0 saturated carbocycles. The lowest BCUT2D eigenvalue weighted by molar-refractivity contribution is -0.170. The molecule has 3 aromatic rings. The summed E-state index contributed by atoms with van der Waals surface area (Å²) in [5.41, 5.74) is 2.31. The van der Waals surface area contributed by atoms with E-state index < -0.39 is 5.66 Å². The molecule has 0 radical (unpaired) electrons. The molecule has 2 fully saturated rings. The number of piperazine rings is 1. The zero-order chi connectivity index (χ0) is 33.9. The highest BCUT2D eigenvalue weighted by Gasteiger charge is 2.54. The maximum atomic E-state index is 15.1. The van der Waals surface area contributed by atoms with Crippen molar-refractivity contribution in [1.82, 2.24) is 25.5 Å². The Labute approximate surface area is 288 Å². The molecule has 1 unspecified atom stereocenters. The summed E-state index contributed by atoms with van der Waals surface area (Å²) in [6, 6.07) is 21.0. The molecule has 0 bridgehead atoms. The van der Waals surface area contributed by atoms with Crippen LogP contribution in [0.15, 0.2) is 66.7 Å². The predicted molar refractivity (Wildman–Crippen MR) is 185 cm³/mol. The minimum absolute atomic E-state index is 0.114. The van der Waals surface area contributed by atoms with Crippen molar-refractivity contribution in [1.29, 1.82) is 0 Å². The fourth-order valence-corrected chi connectivity index (χ4v) is 6.53. The summed E-state index contributed by atoms with van der Waals surface area (Å²) in [7, 11) is 3.06. The third-order valence-electron chi connectivity index (χ3n) is 9.05. The van der Waals surface area contributed by atoms with Gasteiger partial charge in [-0.2, -0.15) is 0 Å². The molecule has 252 valence electrons. The van der Waals surface area contributed by atoms with Crippen LogP contribution in [0.4, 0.5) is 0 Å². The van der Waals surface area contributed by atoms with Gasteiger partial charge in [-0.05, 0) is 59.4 Å². The third-order valence-corrected chi connectivity index (χ3v) is 9.56. The number of nitrogens with zero attached hydrogens (tertiary/aromatic N) is 3. The second kappa shape index (κ2) is 14.5. The van der Waals surface area contributed by atoms with Gasteiger partial charge in [0.2, 0.25) is 0 Å². The van der Waals surface area contributed by atoms with Crippen LogP contribution < -0.4 is 15.4 Å². The number of rotatable bonds is 9. The van der Waals surface area contributed by atoms with Crippen molar-refractivity contribution < 1.29 is 19.2 Å². The number of amides is 2. The maximum absolute atomic E-state index is 15.1. The molecule has 2 amide bonds. The highest BCUT2D eigenvalue weighted by Crippen LogP contribution is 2.45. The van der Waals surface area contributed by atoms with Crippen LogP contribution in [0.2, 0.25) is 10.0 Å². The van der Waals surface area contributed by atoms with E-state index in [4.69, 9.17) is 32.8 Å². The molecule has 9 nitrogen and oxygen atoms in total. The summed E-state index contributed by atoms with van der Waals surface area (Å²) in [6.07, 6.45) is 0. The standard InChI is InChI=1S/C36H45Cl2N5O4/c1-7-47-30-22-26(35(2,3)4)12-17-29(30)36(34(45)43-20-18-42(19-21-43)23-31(44)41(5)46-6)39-32(24-8-13-27(37)14-9-24)33(40-36)25-10-15-28(38)16-11-25/h8-17,22,32-33,39-40H,7,18-21,23H2,1-6H3/t32-,33+,36?. The third kappa shape index (κ3) is 7.61. The van der Waals surface area contributed by atoms with Crippen LogP contribution in [-0.2, 0) is 25.5 Å². The highest BCUT2D eigenvalue weighted by molar-refractivity contribution is 6.30. The molecule has 11 heteroatoms. The zero-order valence-corrected chi connectivity index (χ0v) is 29.5. The van der Waals surface area contributed by atoms with Crippen molar-refractivity contribution in [3.63, 3.8) is 0 Å². The van der Waals surface area contributed by atoms with Gasteiger partial charge in [0.1, 0.15) is 5.75 Å². The van der Waals surface area contributed by atoms with E-state index in [1.165, 1.54) is 12.2 Å². The molecular weight excluding hydrogens is 637 g/mol. The Bertz CT molecular complexity index is 1500. The Balaban J connectivity index is 1.59. The van der Waals surface area contributed by atoms with Crippen LogP contribution in [-0.4, -0.2) is 80.2 Å². The van der Waals surface area contributed by atoms with Crippen molar-refractivity contribution in [2.45, 2.75) is 50.9 Å². The predicted octanol–water partition coefficient (Wildman–Crippen LogP) is 5.68. The van der Waals surface area contributed by atoms with Crippen LogP contribution in [0.1, 0.15) is 62.0 Å². The van der Waals surface area contributed by atoms with Crippen molar-refractivity contribution in [2.75, 3.05) is 53.5 Å². The van der Waals surface area contributed by atoms with Gasteiger partial charge in [0.15, 0.2) is 5.66 Å². The van der Waals surface area contributed by atoms with E-state index in [2.05, 4.69) is 43.5 Å². The molecular formula is C36H45Cl2N5O4. The van der Waals surface area contributed by atoms with E-state index in [1.54, 1.807) is 7.05 Å². The molecule has 2 saturated heterocycles. The van der Waals surface area contributed by atoms with Crippen LogP contribution in [0.25, 0.3) is 0 Å². The topological polar surface area (TPSA) is 86.4 Å². The van der Waals surface area contributed by atoms with Crippen LogP contribution >= 0.6 is 23.2 Å². The van der Waals surface area contributed by atoms with Crippen molar-refractivity contribution in [2.24, 2.45) is 0 Å². The first-order valence-corrected chi connectivity index (χ1v) is 16.8. The Morgan fingerprint density at radius 3 is 1.89 bits per heavy atom. The van der Waals surface area contributed by atoms with E-state index >= 15 is 4.79 Å². The Morgan fingerprint density at radius 2 is 1.43 bits per heavy atom. The van der Waals surface area contributed by atoms with Gasteiger partial charge in [-0.3, -0.25) is 30.0 Å².